The lowest BCUT2D eigenvalue weighted by Crippen LogP contribution is -2.22. The second-order valence-corrected chi connectivity index (χ2v) is 3.14. The molecule has 11 heavy (non-hydrogen) atoms. The highest BCUT2D eigenvalue weighted by Gasteiger charge is 2.07. The van der Waals surface area contributed by atoms with Crippen LogP contribution in [0.25, 0.3) is 0 Å². The fourth-order valence-electron chi connectivity index (χ4n) is 1.14. The van der Waals surface area contributed by atoms with Crippen LogP contribution in [0, 0.1) is 0 Å². The van der Waals surface area contributed by atoms with Gasteiger partial charge in [0, 0.05) is 26.3 Å². The Morgan fingerprint density at radius 1 is 1.64 bits per heavy atom. The molecule has 0 spiro atoms. The van der Waals surface area contributed by atoms with Gasteiger partial charge in [-0.15, -0.1) is 0 Å². The van der Waals surface area contributed by atoms with E-state index in [1.54, 1.807) is 0 Å². The molecule has 2 heteroatoms. The Bertz CT molecular complexity index is 134. The largest absolute Gasteiger partial charge is 0.303 e. The molecule has 1 saturated heterocycles. The van der Waals surface area contributed by atoms with E-state index >= 15 is 0 Å². The zero-order valence-electron chi connectivity index (χ0n) is 7.56. The minimum atomic E-state index is 1.06. The second-order valence-electron chi connectivity index (χ2n) is 3.14. The van der Waals surface area contributed by atoms with Crippen LogP contribution in [0.1, 0.15) is 20.3 Å². The quantitative estimate of drug-likeness (QED) is 0.615. The third-order valence-electron chi connectivity index (χ3n) is 2.20. The van der Waals surface area contributed by atoms with Crippen molar-refractivity contribution in [2.45, 2.75) is 20.3 Å². The maximum atomic E-state index is 3.31. The molecule has 2 nitrogen and oxygen atoms in total. The molecule has 0 saturated carbocycles. The molecule has 0 bridgehead atoms. The molecule has 1 N–H and O–H groups in total. The van der Waals surface area contributed by atoms with Crippen LogP contribution in [-0.4, -0.2) is 31.2 Å². The van der Waals surface area contributed by atoms with Crippen molar-refractivity contribution in [1.82, 2.24) is 10.2 Å². The number of nitrogens with one attached hydrogen (secondary N) is 1. The van der Waals surface area contributed by atoms with Crippen molar-refractivity contribution in [3.05, 3.63) is 11.6 Å². The van der Waals surface area contributed by atoms with E-state index in [0.29, 0.717) is 0 Å². The molecular weight excluding hydrogens is 136 g/mol. The van der Waals surface area contributed by atoms with Crippen molar-refractivity contribution < 1.29 is 0 Å². The van der Waals surface area contributed by atoms with Crippen molar-refractivity contribution >= 4 is 0 Å². The van der Waals surface area contributed by atoms with Crippen molar-refractivity contribution in [2.24, 2.45) is 0 Å². The van der Waals surface area contributed by atoms with Crippen LogP contribution < -0.4 is 5.32 Å². The molecule has 1 aliphatic heterocycles. The predicted octanol–water partition coefficient (Wildman–Crippen LogP) is 1.21. The highest BCUT2D eigenvalue weighted by atomic mass is 15.3. The Morgan fingerprint density at radius 3 is 3.00 bits per heavy atom. The topological polar surface area (TPSA) is 15.3 Å². The van der Waals surface area contributed by atoms with Crippen LogP contribution in [0.15, 0.2) is 11.6 Å². The standard InChI is InChI=1S/C9H18N2/c1-3-9(2)4-6-11-7-5-10-8-11/h4,10H,3,5-8H2,1-2H3/b9-4-. The summed E-state index contributed by atoms with van der Waals surface area (Å²) in [7, 11) is 0. The van der Waals surface area contributed by atoms with Gasteiger partial charge in [0.15, 0.2) is 0 Å². The number of hydrogen-bond donors (Lipinski definition) is 1. The third-order valence-corrected chi connectivity index (χ3v) is 2.20. The molecule has 0 atom stereocenters. The number of hydrogen-bond acceptors (Lipinski definition) is 2. The zero-order valence-corrected chi connectivity index (χ0v) is 7.56. The highest BCUT2D eigenvalue weighted by molar-refractivity contribution is 4.98. The summed E-state index contributed by atoms with van der Waals surface area (Å²) in [6, 6.07) is 0. The second kappa shape index (κ2) is 4.52. The molecule has 1 heterocycles. The van der Waals surface area contributed by atoms with E-state index in [2.05, 4.69) is 30.1 Å². The van der Waals surface area contributed by atoms with E-state index < -0.39 is 0 Å². The third kappa shape index (κ3) is 3.04. The van der Waals surface area contributed by atoms with Gasteiger partial charge in [-0.3, -0.25) is 4.90 Å². The first-order valence-corrected chi connectivity index (χ1v) is 4.41. The summed E-state index contributed by atoms with van der Waals surface area (Å²) in [6.45, 7) is 8.93. The summed E-state index contributed by atoms with van der Waals surface area (Å²) < 4.78 is 0. The van der Waals surface area contributed by atoms with Crippen molar-refractivity contribution in [3.8, 4) is 0 Å². The molecule has 0 aromatic rings. The monoisotopic (exact) mass is 154 g/mol. The Kier molecular flexibility index (Phi) is 3.60. The summed E-state index contributed by atoms with van der Waals surface area (Å²) in [5.41, 5.74) is 1.50. The molecule has 0 radical (unpaired) electrons. The van der Waals surface area contributed by atoms with Gasteiger partial charge in [0.05, 0.1) is 0 Å². The minimum Gasteiger partial charge on any atom is -0.303 e. The first-order chi connectivity index (χ1) is 5.33. The van der Waals surface area contributed by atoms with E-state index in [1.165, 1.54) is 18.5 Å². The number of rotatable bonds is 3. The first kappa shape index (κ1) is 8.75. The van der Waals surface area contributed by atoms with E-state index in [-0.39, 0.29) is 0 Å². The van der Waals surface area contributed by atoms with Gasteiger partial charge in [0.2, 0.25) is 0 Å². The Balaban J connectivity index is 2.19. The van der Waals surface area contributed by atoms with E-state index in [1.807, 2.05) is 0 Å². The fourth-order valence-corrected chi connectivity index (χ4v) is 1.14. The molecule has 1 aliphatic rings. The van der Waals surface area contributed by atoms with E-state index in [9.17, 15) is 0 Å². The molecule has 0 aromatic heterocycles. The van der Waals surface area contributed by atoms with Gasteiger partial charge in [-0.25, -0.2) is 0 Å². The van der Waals surface area contributed by atoms with Gasteiger partial charge in [0.25, 0.3) is 0 Å². The SMILES string of the molecule is CC/C(C)=C\CN1CCNC1. The minimum absolute atomic E-state index is 1.06. The van der Waals surface area contributed by atoms with Crippen LogP contribution in [0.5, 0.6) is 0 Å². The highest BCUT2D eigenvalue weighted by Crippen LogP contribution is 1.99. The summed E-state index contributed by atoms with van der Waals surface area (Å²) in [6.07, 6.45) is 3.51. The molecule has 1 fully saturated rings. The average molecular weight is 154 g/mol. The number of allylic oxidation sites excluding steroid dienone is 1. The Morgan fingerprint density at radius 2 is 2.45 bits per heavy atom. The van der Waals surface area contributed by atoms with Gasteiger partial charge in [0.1, 0.15) is 0 Å². The van der Waals surface area contributed by atoms with Gasteiger partial charge in [-0.05, 0) is 13.3 Å². The molecule has 64 valence electrons. The summed E-state index contributed by atoms with van der Waals surface area (Å²) >= 11 is 0. The summed E-state index contributed by atoms with van der Waals surface area (Å²) in [4.78, 5) is 2.42. The lowest BCUT2D eigenvalue weighted by atomic mass is 10.2. The summed E-state index contributed by atoms with van der Waals surface area (Å²) in [5.74, 6) is 0. The fraction of sp³-hybridized carbons (Fsp3) is 0.778. The van der Waals surface area contributed by atoms with Gasteiger partial charge in [-0.1, -0.05) is 18.6 Å². The van der Waals surface area contributed by atoms with Crippen molar-refractivity contribution in [2.75, 3.05) is 26.3 Å². The smallest absolute Gasteiger partial charge is 0.0484 e. The maximum absolute atomic E-state index is 3.31. The van der Waals surface area contributed by atoms with E-state index in [0.717, 1.165) is 19.8 Å². The van der Waals surface area contributed by atoms with E-state index in [4.69, 9.17) is 0 Å². The maximum Gasteiger partial charge on any atom is 0.0484 e. The van der Waals surface area contributed by atoms with Gasteiger partial charge >= 0.3 is 0 Å². The molecule has 0 aliphatic carbocycles. The number of nitrogens with zero attached hydrogens (tertiary/aromatic N) is 1. The molecular formula is C9H18N2. The molecule has 0 amide bonds. The van der Waals surface area contributed by atoms with Crippen LogP contribution in [0.3, 0.4) is 0 Å². The van der Waals surface area contributed by atoms with Crippen LogP contribution in [0.4, 0.5) is 0 Å². The van der Waals surface area contributed by atoms with Crippen LogP contribution in [-0.2, 0) is 0 Å². The molecule has 0 unspecified atom stereocenters. The Hall–Kier alpha value is -0.340. The van der Waals surface area contributed by atoms with Crippen LogP contribution in [0.2, 0.25) is 0 Å². The molecule has 0 aromatic carbocycles. The van der Waals surface area contributed by atoms with Gasteiger partial charge < -0.3 is 5.32 Å². The normalized spacial score (nSPS) is 21.1. The lowest BCUT2D eigenvalue weighted by Gasteiger charge is -2.10. The first-order valence-electron chi connectivity index (χ1n) is 4.41. The lowest BCUT2D eigenvalue weighted by molar-refractivity contribution is 0.371. The zero-order chi connectivity index (χ0) is 8.10. The average Bonchev–Trinajstić information content (AvgIpc) is 2.52. The molecule has 1 rings (SSSR count). The summed E-state index contributed by atoms with van der Waals surface area (Å²) in [5, 5.41) is 3.31. The van der Waals surface area contributed by atoms with Crippen LogP contribution >= 0.6 is 0 Å². The Labute approximate surface area is 69.3 Å². The predicted molar refractivity (Wildman–Crippen MR) is 48.5 cm³/mol. The van der Waals surface area contributed by atoms with Crippen molar-refractivity contribution in [1.29, 1.82) is 0 Å². The van der Waals surface area contributed by atoms with Crippen molar-refractivity contribution in [3.63, 3.8) is 0 Å². The van der Waals surface area contributed by atoms with Gasteiger partial charge in [-0.2, -0.15) is 0 Å².